The Kier molecular flexibility index (Phi) is 8.73. The second kappa shape index (κ2) is 10.8. The van der Waals surface area contributed by atoms with E-state index in [1.165, 1.54) is 32.9 Å². The lowest BCUT2D eigenvalue weighted by molar-refractivity contribution is -0.153. The van der Waals surface area contributed by atoms with Crippen LogP contribution in [0.3, 0.4) is 0 Å². The van der Waals surface area contributed by atoms with Gasteiger partial charge in [-0.15, -0.1) is 5.01 Å². The molecule has 0 spiro atoms. The number of rotatable bonds is 6. The Morgan fingerprint density at radius 1 is 0.889 bits per heavy atom. The van der Waals surface area contributed by atoms with Crippen LogP contribution in [0.1, 0.15) is 31.1 Å². The first-order valence-electron chi connectivity index (χ1n) is 8.33. The highest BCUT2D eigenvalue weighted by Gasteiger charge is 2.41. The third kappa shape index (κ3) is 5.68. The maximum atomic E-state index is 12.9. The molecule has 0 saturated heterocycles. The molecule has 0 fully saturated rings. The van der Waals surface area contributed by atoms with Crippen LogP contribution in [-0.4, -0.2) is 60.1 Å². The summed E-state index contributed by atoms with van der Waals surface area (Å²) in [5.41, 5.74) is 5.84. The molecule has 1 rings (SSSR count). The van der Waals surface area contributed by atoms with Gasteiger partial charge >= 0.3 is 18.2 Å². The maximum absolute atomic E-state index is 12.9. The highest BCUT2D eigenvalue weighted by atomic mass is 16.6. The SMILES string of the molecule is CCOC(=O)C(N)N(C(=O)OCC)N(C(=O)OCC)C(=O)c1ccccc1. The molecule has 0 aromatic heterocycles. The van der Waals surface area contributed by atoms with E-state index in [0.29, 0.717) is 10.0 Å². The van der Waals surface area contributed by atoms with Gasteiger partial charge in [0, 0.05) is 5.56 Å². The molecule has 10 heteroatoms. The summed E-state index contributed by atoms with van der Waals surface area (Å²) in [6.07, 6.45) is -4.18. The van der Waals surface area contributed by atoms with Gasteiger partial charge in [0.15, 0.2) is 0 Å². The van der Waals surface area contributed by atoms with Gasteiger partial charge in [-0.25, -0.2) is 14.4 Å². The highest BCUT2D eigenvalue weighted by molar-refractivity contribution is 6.04. The lowest BCUT2D eigenvalue weighted by atomic mass is 10.2. The Bertz CT molecular complexity index is 666. The number of hydrogen-bond acceptors (Lipinski definition) is 8. The average molecular weight is 381 g/mol. The predicted octanol–water partition coefficient (Wildman–Crippen LogP) is 1.51. The van der Waals surface area contributed by atoms with Crippen molar-refractivity contribution in [2.24, 2.45) is 5.73 Å². The van der Waals surface area contributed by atoms with Crippen LogP contribution in [0.15, 0.2) is 30.3 Å². The number of amides is 3. The van der Waals surface area contributed by atoms with Gasteiger partial charge in [-0.2, -0.15) is 5.01 Å². The molecule has 0 saturated carbocycles. The summed E-state index contributed by atoms with van der Waals surface area (Å²) in [6.45, 7) is 4.39. The Balaban J connectivity index is 3.39. The van der Waals surface area contributed by atoms with Gasteiger partial charge in [-0.05, 0) is 32.9 Å². The van der Waals surface area contributed by atoms with Gasteiger partial charge < -0.3 is 19.9 Å². The number of nitrogens with two attached hydrogens (primary N) is 1. The van der Waals surface area contributed by atoms with Gasteiger partial charge in [0.1, 0.15) is 0 Å². The van der Waals surface area contributed by atoms with Crippen molar-refractivity contribution in [1.29, 1.82) is 0 Å². The van der Waals surface area contributed by atoms with Crippen LogP contribution in [0, 0.1) is 0 Å². The number of hydrogen-bond donors (Lipinski definition) is 1. The molecule has 1 unspecified atom stereocenters. The second-order valence-electron chi connectivity index (χ2n) is 4.92. The minimum atomic E-state index is -1.80. The van der Waals surface area contributed by atoms with Crippen LogP contribution in [0.25, 0.3) is 0 Å². The molecule has 0 bridgehead atoms. The minimum Gasteiger partial charge on any atom is -0.463 e. The Labute approximate surface area is 156 Å². The molecule has 27 heavy (non-hydrogen) atoms. The quantitative estimate of drug-likeness (QED) is 0.340. The van der Waals surface area contributed by atoms with Crippen molar-refractivity contribution < 1.29 is 33.4 Å². The predicted molar refractivity (Wildman–Crippen MR) is 93.1 cm³/mol. The number of imide groups is 1. The fourth-order valence-electron chi connectivity index (χ4n) is 1.99. The lowest BCUT2D eigenvalue weighted by Gasteiger charge is -2.33. The van der Waals surface area contributed by atoms with E-state index in [-0.39, 0.29) is 25.4 Å². The molecule has 1 atom stereocenters. The van der Waals surface area contributed by atoms with Gasteiger partial charge in [0.2, 0.25) is 6.17 Å². The molecule has 1 aromatic carbocycles. The molecule has 148 valence electrons. The molecule has 0 heterocycles. The number of esters is 1. The van der Waals surface area contributed by atoms with Crippen molar-refractivity contribution in [2.75, 3.05) is 19.8 Å². The minimum absolute atomic E-state index is 0.0186. The van der Waals surface area contributed by atoms with Crippen LogP contribution in [0.2, 0.25) is 0 Å². The first-order chi connectivity index (χ1) is 12.9. The first-order valence-corrected chi connectivity index (χ1v) is 8.33. The zero-order chi connectivity index (χ0) is 20.4. The van der Waals surface area contributed by atoms with Crippen molar-refractivity contribution in [3.63, 3.8) is 0 Å². The van der Waals surface area contributed by atoms with E-state index in [2.05, 4.69) is 0 Å². The zero-order valence-electron chi connectivity index (χ0n) is 15.4. The van der Waals surface area contributed by atoms with E-state index < -0.39 is 30.2 Å². The molecule has 10 nitrogen and oxygen atoms in total. The largest absolute Gasteiger partial charge is 0.463 e. The molecule has 2 N–H and O–H groups in total. The molecule has 3 amide bonds. The van der Waals surface area contributed by atoms with Gasteiger partial charge in [-0.3, -0.25) is 4.79 Å². The number of carbonyl (C=O) groups excluding carboxylic acids is 4. The lowest BCUT2D eigenvalue weighted by Crippen LogP contribution is -2.62. The Morgan fingerprint density at radius 2 is 1.41 bits per heavy atom. The van der Waals surface area contributed by atoms with E-state index in [0.717, 1.165) is 0 Å². The van der Waals surface area contributed by atoms with E-state index in [1.807, 2.05) is 0 Å². The summed E-state index contributed by atoms with van der Waals surface area (Å²) in [7, 11) is 0. The van der Waals surface area contributed by atoms with Crippen molar-refractivity contribution in [3.05, 3.63) is 35.9 Å². The molecular weight excluding hydrogens is 358 g/mol. The summed E-state index contributed by atoms with van der Waals surface area (Å²) >= 11 is 0. The molecule has 0 aliphatic rings. The van der Waals surface area contributed by atoms with Gasteiger partial charge in [0.05, 0.1) is 19.8 Å². The Hall–Kier alpha value is -3.14. The van der Waals surface area contributed by atoms with Crippen LogP contribution in [0.5, 0.6) is 0 Å². The summed E-state index contributed by atoms with van der Waals surface area (Å²) in [4.78, 5) is 49.7. The first kappa shape index (κ1) is 21.9. The third-order valence-corrected chi connectivity index (χ3v) is 3.12. The van der Waals surface area contributed by atoms with E-state index >= 15 is 0 Å². The molecule has 0 radical (unpaired) electrons. The summed E-state index contributed by atoms with van der Waals surface area (Å²) < 4.78 is 14.5. The van der Waals surface area contributed by atoms with Crippen LogP contribution in [-0.2, 0) is 19.0 Å². The molecule has 1 aromatic rings. The number of hydrazine groups is 1. The monoisotopic (exact) mass is 381 g/mol. The van der Waals surface area contributed by atoms with Crippen LogP contribution < -0.4 is 5.73 Å². The van der Waals surface area contributed by atoms with Gasteiger partial charge in [0.25, 0.3) is 5.91 Å². The number of ether oxygens (including phenoxy) is 3. The van der Waals surface area contributed by atoms with Crippen molar-refractivity contribution in [2.45, 2.75) is 26.9 Å². The fraction of sp³-hybridized carbons (Fsp3) is 0.412. The average Bonchev–Trinajstić information content (AvgIpc) is 2.66. The van der Waals surface area contributed by atoms with Crippen molar-refractivity contribution in [1.82, 2.24) is 10.0 Å². The van der Waals surface area contributed by atoms with E-state index in [4.69, 9.17) is 19.9 Å². The standard InChI is InChI=1S/C17H23N3O7/c1-4-25-15(22)13(18)19(16(23)26-5-2)20(17(24)27-6-3)14(21)12-10-8-7-9-11-12/h7-11,13H,4-6,18H2,1-3H3. The summed E-state index contributed by atoms with van der Waals surface area (Å²) in [5, 5.41) is 0.716. The molecular formula is C17H23N3O7. The maximum Gasteiger partial charge on any atom is 0.436 e. The fourth-order valence-corrected chi connectivity index (χ4v) is 1.99. The Morgan fingerprint density at radius 3 is 1.93 bits per heavy atom. The smallest absolute Gasteiger partial charge is 0.436 e. The van der Waals surface area contributed by atoms with Crippen LogP contribution >= 0.6 is 0 Å². The third-order valence-electron chi connectivity index (χ3n) is 3.12. The summed E-state index contributed by atoms with van der Waals surface area (Å²) in [6, 6.07) is 7.65. The second-order valence-corrected chi connectivity index (χ2v) is 4.92. The topological polar surface area (TPSA) is 128 Å². The highest BCUT2D eigenvalue weighted by Crippen LogP contribution is 2.14. The van der Waals surface area contributed by atoms with Crippen molar-refractivity contribution >= 4 is 24.1 Å². The molecule has 0 aliphatic carbocycles. The number of benzene rings is 1. The van der Waals surface area contributed by atoms with E-state index in [9.17, 15) is 19.2 Å². The van der Waals surface area contributed by atoms with Crippen molar-refractivity contribution in [3.8, 4) is 0 Å². The molecule has 0 aliphatic heterocycles. The van der Waals surface area contributed by atoms with Crippen LogP contribution in [0.4, 0.5) is 9.59 Å². The van der Waals surface area contributed by atoms with Gasteiger partial charge in [-0.1, -0.05) is 18.2 Å². The number of nitrogens with zero attached hydrogens (tertiary/aromatic N) is 2. The van der Waals surface area contributed by atoms with E-state index in [1.54, 1.807) is 18.2 Å². The summed E-state index contributed by atoms with van der Waals surface area (Å²) in [5.74, 6) is -1.96. The normalized spacial score (nSPS) is 11.1. The zero-order valence-corrected chi connectivity index (χ0v) is 15.4. The number of carbonyl (C=O) groups is 4.